The van der Waals surface area contributed by atoms with Crippen molar-refractivity contribution in [2.24, 2.45) is 5.16 Å². The van der Waals surface area contributed by atoms with Crippen LogP contribution in [-0.4, -0.2) is 17.6 Å². The highest BCUT2D eigenvalue weighted by atomic mass is 16.6. The number of nitrogens with zero attached hydrogens (tertiary/aromatic N) is 1. The van der Waals surface area contributed by atoms with Gasteiger partial charge in [0, 0.05) is 0 Å². The fraction of sp³-hybridized carbons (Fsp3) is 0.667. The van der Waals surface area contributed by atoms with E-state index in [1.807, 2.05) is 6.92 Å². The first kappa shape index (κ1) is 6.26. The molecule has 9 heavy (non-hydrogen) atoms. The molecule has 0 spiro atoms. The topological polar surface area (TPSA) is 38.7 Å². The molecule has 1 heterocycles. The average molecular weight is 127 g/mol. The molecule has 0 fully saturated rings. The molecule has 0 aromatic heterocycles. The molecule has 3 heteroatoms. The molecule has 3 nitrogen and oxygen atoms in total. The molecule has 0 amide bonds. The van der Waals surface area contributed by atoms with E-state index in [0.29, 0.717) is 12.1 Å². The molecule has 0 aromatic rings. The first-order valence-corrected chi connectivity index (χ1v) is 2.94. The van der Waals surface area contributed by atoms with E-state index in [1.165, 1.54) is 0 Å². The Kier molecular flexibility index (Phi) is 1.51. The number of hydrogen-bond acceptors (Lipinski definition) is 3. The number of hydrogen-bond donors (Lipinski definition) is 0. The number of rotatable bonds is 0. The van der Waals surface area contributed by atoms with Gasteiger partial charge >= 0.3 is 0 Å². The Bertz CT molecular complexity index is 162. The number of Topliss-reactive ketones (excluding diaryl/α,β-unsaturated/α-hetero) is 1. The molecule has 0 N–H and O–H groups in total. The van der Waals surface area contributed by atoms with Gasteiger partial charge in [0.1, 0.15) is 11.8 Å². The van der Waals surface area contributed by atoms with Gasteiger partial charge in [-0.2, -0.15) is 0 Å². The van der Waals surface area contributed by atoms with Gasteiger partial charge in [0.2, 0.25) is 0 Å². The summed E-state index contributed by atoms with van der Waals surface area (Å²) in [5.41, 5.74) is 0.480. The van der Waals surface area contributed by atoms with Crippen LogP contribution in [0.25, 0.3) is 0 Å². The number of oxime groups is 1. The average Bonchev–Trinajstić information content (AvgIpc) is 1.80. The highest BCUT2D eigenvalue weighted by Gasteiger charge is 2.17. The molecule has 0 bridgehead atoms. The highest BCUT2D eigenvalue weighted by molar-refractivity contribution is 6.39. The lowest BCUT2D eigenvalue weighted by molar-refractivity contribution is -0.117. The van der Waals surface area contributed by atoms with Crippen molar-refractivity contribution < 1.29 is 9.63 Å². The summed E-state index contributed by atoms with van der Waals surface area (Å²) in [6, 6.07) is 0. The van der Waals surface area contributed by atoms with Crippen LogP contribution < -0.4 is 0 Å². The van der Waals surface area contributed by atoms with Crippen molar-refractivity contribution in [1.82, 2.24) is 0 Å². The summed E-state index contributed by atoms with van der Waals surface area (Å²) in [5, 5.41) is 3.56. The first-order valence-electron chi connectivity index (χ1n) is 2.94. The molecule has 1 unspecified atom stereocenters. The van der Waals surface area contributed by atoms with Crippen LogP contribution in [0.1, 0.15) is 20.3 Å². The Morgan fingerprint density at radius 2 is 2.44 bits per heavy atom. The number of ketones is 1. The zero-order valence-electron chi connectivity index (χ0n) is 5.55. The first-order chi connectivity index (χ1) is 4.20. The Hall–Kier alpha value is -0.860. The van der Waals surface area contributed by atoms with Crippen LogP contribution in [-0.2, 0) is 9.63 Å². The van der Waals surface area contributed by atoms with Gasteiger partial charge in [-0.1, -0.05) is 5.16 Å². The molecule has 1 aliphatic heterocycles. The molecular weight excluding hydrogens is 118 g/mol. The van der Waals surface area contributed by atoms with Gasteiger partial charge in [0.25, 0.3) is 0 Å². The smallest absolute Gasteiger partial charge is 0.183 e. The van der Waals surface area contributed by atoms with Gasteiger partial charge < -0.3 is 4.84 Å². The molecule has 0 radical (unpaired) electrons. The van der Waals surface area contributed by atoms with E-state index in [9.17, 15) is 4.79 Å². The Morgan fingerprint density at radius 3 is 2.89 bits per heavy atom. The summed E-state index contributed by atoms with van der Waals surface area (Å²) in [6.45, 7) is 3.49. The van der Waals surface area contributed by atoms with E-state index < -0.39 is 0 Å². The van der Waals surface area contributed by atoms with Crippen molar-refractivity contribution in [1.29, 1.82) is 0 Å². The van der Waals surface area contributed by atoms with Crippen molar-refractivity contribution in [3.8, 4) is 0 Å². The molecule has 0 saturated heterocycles. The fourth-order valence-electron chi connectivity index (χ4n) is 0.666. The Balaban J connectivity index is 2.68. The van der Waals surface area contributed by atoms with Crippen LogP contribution in [0.5, 0.6) is 0 Å². The maximum absolute atomic E-state index is 10.8. The SMILES string of the molecule is CC1=NOC(C)CC1=O. The second kappa shape index (κ2) is 2.17. The zero-order valence-corrected chi connectivity index (χ0v) is 5.55. The fourth-order valence-corrected chi connectivity index (χ4v) is 0.666. The van der Waals surface area contributed by atoms with Crippen LogP contribution in [0, 0.1) is 0 Å². The minimum atomic E-state index is -0.0406. The molecule has 1 rings (SSSR count). The van der Waals surface area contributed by atoms with E-state index in [-0.39, 0.29) is 11.9 Å². The molecule has 50 valence electrons. The van der Waals surface area contributed by atoms with Crippen molar-refractivity contribution in [3.63, 3.8) is 0 Å². The van der Waals surface area contributed by atoms with E-state index in [2.05, 4.69) is 5.16 Å². The molecular formula is C6H9NO2. The standard InChI is InChI=1S/C6H9NO2/c1-4-3-6(8)5(2)7-9-4/h4H,3H2,1-2H3. The monoisotopic (exact) mass is 127 g/mol. The van der Waals surface area contributed by atoms with E-state index in [1.54, 1.807) is 6.92 Å². The minimum absolute atomic E-state index is 0.0406. The third-order valence-electron chi connectivity index (χ3n) is 1.25. The number of carbonyl (C=O) groups excluding carboxylic acids is 1. The predicted molar refractivity (Wildman–Crippen MR) is 33.3 cm³/mol. The largest absolute Gasteiger partial charge is 0.392 e. The molecule has 0 aliphatic carbocycles. The Labute approximate surface area is 53.7 Å². The second-order valence-electron chi connectivity index (χ2n) is 2.22. The second-order valence-corrected chi connectivity index (χ2v) is 2.22. The lowest BCUT2D eigenvalue weighted by Crippen LogP contribution is -2.23. The third-order valence-corrected chi connectivity index (χ3v) is 1.25. The zero-order chi connectivity index (χ0) is 6.85. The summed E-state index contributed by atoms with van der Waals surface area (Å²) < 4.78 is 0. The summed E-state index contributed by atoms with van der Waals surface area (Å²) in [7, 11) is 0. The van der Waals surface area contributed by atoms with Crippen molar-refractivity contribution >= 4 is 11.5 Å². The van der Waals surface area contributed by atoms with Crippen molar-refractivity contribution in [2.75, 3.05) is 0 Å². The molecule has 0 aromatic carbocycles. The normalized spacial score (nSPS) is 27.1. The molecule has 0 saturated carbocycles. The predicted octanol–water partition coefficient (Wildman–Crippen LogP) is 0.740. The van der Waals surface area contributed by atoms with Crippen molar-refractivity contribution in [3.05, 3.63) is 0 Å². The van der Waals surface area contributed by atoms with Crippen LogP contribution in [0.15, 0.2) is 5.16 Å². The summed E-state index contributed by atoms with van der Waals surface area (Å²) >= 11 is 0. The third kappa shape index (κ3) is 1.28. The van der Waals surface area contributed by atoms with E-state index in [4.69, 9.17) is 4.84 Å². The van der Waals surface area contributed by atoms with Gasteiger partial charge in [0.15, 0.2) is 5.78 Å². The quantitative estimate of drug-likeness (QED) is 0.481. The van der Waals surface area contributed by atoms with Crippen LogP contribution >= 0.6 is 0 Å². The summed E-state index contributed by atoms with van der Waals surface area (Å²) in [5.74, 6) is 0.0914. The molecule has 1 aliphatic rings. The maximum Gasteiger partial charge on any atom is 0.183 e. The summed E-state index contributed by atoms with van der Waals surface area (Å²) in [4.78, 5) is 15.6. The lowest BCUT2D eigenvalue weighted by atomic mass is 10.1. The maximum atomic E-state index is 10.8. The Morgan fingerprint density at radius 1 is 1.78 bits per heavy atom. The molecule has 1 atom stereocenters. The van der Waals surface area contributed by atoms with Crippen molar-refractivity contribution in [2.45, 2.75) is 26.4 Å². The summed E-state index contributed by atoms with van der Waals surface area (Å²) in [6.07, 6.45) is 0.427. The van der Waals surface area contributed by atoms with E-state index >= 15 is 0 Å². The minimum Gasteiger partial charge on any atom is -0.392 e. The van der Waals surface area contributed by atoms with Gasteiger partial charge in [-0.05, 0) is 13.8 Å². The van der Waals surface area contributed by atoms with Gasteiger partial charge in [-0.25, -0.2) is 0 Å². The van der Waals surface area contributed by atoms with E-state index in [0.717, 1.165) is 0 Å². The number of carbonyl (C=O) groups is 1. The van der Waals surface area contributed by atoms with Gasteiger partial charge in [-0.3, -0.25) is 4.79 Å². The lowest BCUT2D eigenvalue weighted by Gasteiger charge is -2.13. The highest BCUT2D eigenvalue weighted by Crippen LogP contribution is 2.06. The van der Waals surface area contributed by atoms with Crippen LogP contribution in [0.3, 0.4) is 0 Å². The van der Waals surface area contributed by atoms with Crippen LogP contribution in [0.2, 0.25) is 0 Å². The van der Waals surface area contributed by atoms with Crippen LogP contribution in [0.4, 0.5) is 0 Å². The van der Waals surface area contributed by atoms with Gasteiger partial charge in [0.05, 0.1) is 6.42 Å². The van der Waals surface area contributed by atoms with Gasteiger partial charge in [-0.15, -0.1) is 0 Å².